The molecule has 0 spiro atoms. The Morgan fingerprint density at radius 1 is 1.18 bits per heavy atom. The highest BCUT2D eigenvalue weighted by molar-refractivity contribution is 7.92. The number of hydrogen-bond acceptors (Lipinski definition) is 3. The van der Waals surface area contributed by atoms with E-state index in [1.807, 2.05) is 0 Å². The minimum absolute atomic E-state index is 0.0998. The van der Waals surface area contributed by atoms with Crippen LogP contribution < -0.4 is 9.62 Å². The Morgan fingerprint density at radius 3 is 2.36 bits per heavy atom. The lowest BCUT2D eigenvalue weighted by Crippen LogP contribution is -2.45. The predicted molar refractivity (Wildman–Crippen MR) is 98.3 cm³/mol. The Hall–Kier alpha value is -2.33. The summed E-state index contributed by atoms with van der Waals surface area (Å²) in [5.74, 6) is -1.63. The number of amides is 1. The molecule has 0 bridgehead atoms. The SMILES string of the molecule is C[C@H](C(=O)Nc1ccc(Cl)c(C(F)(F)F)c1)N(c1cccc(F)c1)S(C)(=O)=O. The predicted octanol–water partition coefficient (Wildman–Crippen LogP) is 4.29. The van der Waals surface area contributed by atoms with Gasteiger partial charge >= 0.3 is 6.18 Å². The second kappa shape index (κ2) is 7.96. The van der Waals surface area contributed by atoms with Crippen LogP contribution in [0.15, 0.2) is 42.5 Å². The molecule has 28 heavy (non-hydrogen) atoms. The maximum absolute atomic E-state index is 13.5. The summed E-state index contributed by atoms with van der Waals surface area (Å²) in [4.78, 5) is 12.5. The second-order valence-electron chi connectivity index (χ2n) is 5.90. The first-order valence-electron chi connectivity index (χ1n) is 7.73. The first-order chi connectivity index (χ1) is 12.8. The van der Waals surface area contributed by atoms with Gasteiger partial charge < -0.3 is 5.32 Å². The van der Waals surface area contributed by atoms with Crippen molar-refractivity contribution in [3.63, 3.8) is 0 Å². The van der Waals surface area contributed by atoms with E-state index in [1.165, 1.54) is 19.1 Å². The van der Waals surface area contributed by atoms with Gasteiger partial charge in [-0.2, -0.15) is 13.2 Å². The van der Waals surface area contributed by atoms with Crippen LogP contribution in [0.3, 0.4) is 0 Å². The third kappa shape index (κ3) is 5.14. The van der Waals surface area contributed by atoms with E-state index in [-0.39, 0.29) is 11.4 Å². The van der Waals surface area contributed by atoms with Crippen molar-refractivity contribution in [2.24, 2.45) is 0 Å². The van der Waals surface area contributed by atoms with Gasteiger partial charge in [0.2, 0.25) is 15.9 Å². The quantitative estimate of drug-likeness (QED) is 0.708. The molecule has 0 aromatic heterocycles. The van der Waals surface area contributed by atoms with Gasteiger partial charge in [-0.15, -0.1) is 0 Å². The van der Waals surface area contributed by atoms with Crippen LogP contribution in [0.1, 0.15) is 12.5 Å². The van der Waals surface area contributed by atoms with E-state index in [9.17, 15) is 30.8 Å². The van der Waals surface area contributed by atoms with Crippen LogP contribution >= 0.6 is 11.6 Å². The monoisotopic (exact) mass is 438 g/mol. The van der Waals surface area contributed by atoms with Crippen molar-refractivity contribution >= 4 is 38.9 Å². The number of nitrogens with zero attached hydrogens (tertiary/aromatic N) is 1. The summed E-state index contributed by atoms with van der Waals surface area (Å²) in [6.45, 7) is 1.22. The molecular formula is C17H15ClF4N2O3S. The van der Waals surface area contributed by atoms with Crippen molar-refractivity contribution < 1.29 is 30.8 Å². The fourth-order valence-electron chi connectivity index (χ4n) is 2.49. The summed E-state index contributed by atoms with van der Waals surface area (Å²) in [6.07, 6.45) is -3.91. The zero-order valence-corrected chi connectivity index (χ0v) is 16.2. The van der Waals surface area contributed by atoms with Crippen molar-refractivity contribution in [3.05, 3.63) is 58.9 Å². The van der Waals surface area contributed by atoms with Crippen LogP contribution in [0.2, 0.25) is 5.02 Å². The van der Waals surface area contributed by atoms with Gasteiger partial charge in [-0.3, -0.25) is 9.10 Å². The zero-order valence-electron chi connectivity index (χ0n) is 14.6. The number of hydrogen-bond donors (Lipinski definition) is 1. The van der Waals surface area contributed by atoms with Crippen molar-refractivity contribution in [2.75, 3.05) is 15.9 Å². The fraction of sp³-hybridized carbons (Fsp3) is 0.235. The number of alkyl halides is 3. The van der Waals surface area contributed by atoms with Gasteiger partial charge in [-0.05, 0) is 43.3 Å². The third-order valence-electron chi connectivity index (χ3n) is 3.69. The normalized spacial score (nSPS) is 13.1. The summed E-state index contributed by atoms with van der Waals surface area (Å²) in [5.41, 5.74) is -1.47. The summed E-state index contributed by atoms with van der Waals surface area (Å²) < 4.78 is 77.3. The van der Waals surface area contributed by atoms with E-state index in [1.54, 1.807) is 0 Å². The summed E-state index contributed by atoms with van der Waals surface area (Å²) in [5, 5.41) is 1.68. The van der Waals surface area contributed by atoms with Crippen molar-refractivity contribution in [1.82, 2.24) is 0 Å². The molecule has 0 saturated heterocycles. The maximum Gasteiger partial charge on any atom is 0.417 e. The van der Waals surface area contributed by atoms with Gasteiger partial charge in [0.25, 0.3) is 0 Å². The van der Waals surface area contributed by atoms with E-state index < -0.39 is 44.6 Å². The molecule has 5 nitrogen and oxygen atoms in total. The maximum atomic E-state index is 13.5. The molecule has 1 amide bonds. The standard InChI is InChI=1S/C17H15ClF4N2O3S/c1-10(24(28(2,26)27)13-5-3-4-11(19)8-13)16(25)23-12-6-7-15(18)14(9-12)17(20,21)22/h3-10H,1-2H3,(H,23,25)/t10-/m1/s1. The van der Waals surface area contributed by atoms with Gasteiger partial charge in [-0.25, -0.2) is 12.8 Å². The minimum Gasteiger partial charge on any atom is -0.324 e. The Kier molecular flexibility index (Phi) is 6.24. The van der Waals surface area contributed by atoms with E-state index in [4.69, 9.17) is 11.6 Å². The molecule has 152 valence electrons. The lowest BCUT2D eigenvalue weighted by Gasteiger charge is -2.28. The molecule has 2 rings (SSSR count). The van der Waals surface area contributed by atoms with Crippen molar-refractivity contribution in [3.8, 4) is 0 Å². The molecule has 2 aromatic carbocycles. The topological polar surface area (TPSA) is 66.5 Å². The smallest absolute Gasteiger partial charge is 0.324 e. The van der Waals surface area contributed by atoms with Crippen LogP contribution in [0, 0.1) is 5.82 Å². The lowest BCUT2D eigenvalue weighted by atomic mass is 10.2. The average molecular weight is 439 g/mol. The highest BCUT2D eigenvalue weighted by atomic mass is 35.5. The number of nitrogens with one attached hydrogen (secondary N) is 1. The number of halogens is 5. The molecule has 1 N–H and O–H groups in total. The van der Waals surface area contributed by atoms with Gasteiger partial charge in [-0.1, -0.05) is 17.7 Å². The minimum atomic E-state index is -4.73. The average Bonchev–Trinajstić information content (AvgIpc) is 2.54. The van der Waals surface area contributed by atoms with E-state index >= 15 is 0 Å². The summed E-state index contributed by atoms with van der Waals surface area (Å²) >= 11 is 5.53. The number of benzene rings is 2. The van der Waals surface area contributed by atoms with Crippen LogP contribution in [0.5, 0.6) is 0 Å². The number of carbonyl (C=O) groups is 1. The first kappa shape index (κ1) is 22.0. The highest BCUT2D eigenvalue weighted by Gasteiger charge is 2.34. The summed E-state index contributed by atoms with van der Waals surface area (Å²) in [6, 6.07) is 5.96. The molecule has 0 radical (unpaired) electrons. The molecule has 0 aliphatic rings. The molecule has 0 heterocycles. The van der Waals surface area contributed by atoms with E-state index in [2.05, 4.69) is 5.32 Å². The number of sulfonamides is 1. The molecule has 0 aliphatic heterocycles. The van der Waals surface area contributed by atoms with E-state index in [0.29, 0.717) is 10.4 Å². The van der Waals surface area contributed by atoms with Crippen LogP contribution in [-0.4, -0.2) is 26.6 Å². The molecule has 1 atom stereocenters. The van der Waals surface area contributed by atoms with Gasteiger partial charge in [0.1, 0.15) is 11.9 Å². The lowest BCUT2D eigenvalue weighted by molar-refractivity contribution is -0.137. The number of carbonyl (C=O) groups excluding carboxylic acids is 1. The Bertz CT molecular complexity index is 996. The molecule has 0 saturated carbocycles. The van der Waals surface area contributed by atoms with E-state index in [0.717, 1.165) is 30.5 Å². The Labute approximate surface area is 164 Å². The summed E-state index contributed by atoms with van der Waals surface area (Å²) in [7, 11) is -4.00. The molecule has 0 fully saturated rings. The van der Waals surface area contributed by atoms with Crippen LogP contribution in [-0.2, 0) is 21.0 Å². The van der Waals surface area contributed by atoms with Crippen LogP contribution in [0.25, 0.3) is 0 Å². The van der Waals surface area contributed by atoms with Crippen molar-refractivity contribution in [1.29, 1.82) is 0 Å². The van der Waals surface area contributed by atoms with Gasteiger partial charge in [0, 0.05) is 5.69 Å². The molecule has 2 aromatic rings. The number of anilines is 2. The fourth-order valence-corrected chi connectivity index (χ4v) is 3.88. The Balaban J connectivity index is 2.34. The third-order valence-corrected chi connectivity index (χ3v) is 5.26. The van der Waals surface area contributed by atoms with Gasteiger partial charge in [0.15, 0.2) is 0 Å². The largest absolute Gasteiger partial charge is 0.417 e. The molecule has 0 unspecified atom stereocenters. The molecular weight excluding hydrogens is 424 g/mol. The van der Waals surface area contributed by atoms with Crippen molar-refractivity contribution in [2.45, 2.75) is 19.1 Å². The Morgan fingerprint density at radius 2 is 1.82 bits per heavy atom. The second-order valence-corrected chi connectivity index (χ2v) is 8.16. The zero-order chi connectivity index (χ0) is 21.3. The highest BCUT2D eigenvalue weighted by Crippen LogP contribution is 2.36. The molecule has 11 heteroatoms. The molecule has 0 aliphatic carbocycles. The van der Waals surface area contributed by atoms with Gasteiger partial charge in [0.05, 0.1) is 22.5 Å². The first-order valence-corrected chi connectivity index (χ1v) is 9.96. The van der Waals surface area contributed by atoms with Crippen LogP contribution in [0.4, 0.5) is 28.9 Å². The number of rotatable bonds is 5.